The zero-order valence-electron chi connectivity index (χ0n) is 14.7. The summed E-state index contributed by atoms with van der Waals surface area (Å²) in [5, 5.41) is 12.3. The van der Waals surface area contributed by atoms with Crippen molar-refractivity contribution in [2.75, 3.05) is 13.2 Å². The second-order valence-corrected chi connectivity index (χ2v) is 7.86. The molecule has 140 valence electrons. The molecule has 0 saturated carbocycles. The summed E-state index contributed by atoms with van der Waals surface area (Å²) in [7, 11) is 0. The van der Waals surface area contributed by atoms with Gasteiger partial charge in [0.15, 0.2) is 0 Å². The Hall–Kier alpha value is -2.01. The number of aromatic nitrogens is 1. The summed E-state index contributed by atoms with van der Waals surface area (Å²) in [5.74, 6) is -0.0220. The lowest BCUT2D eigenvalue weighted by Crippen LogP contribution is -2.39. The maximum Gasteiger partial charge on any atom is 0.223 e. The number of nitrogens with one attached hydrogen (secondary N) is 1. The summed E-state index contributed by atoms with van der Waals surface area (Å²) in [6, 6.07) is 13.3. The molecule has 1 atom stereocenters. The van der Waals surface area contributed by atoms with Crippen molar-refractivity contribution in [3.63, 3.8) is 0 Å². The Morgan fingerprint density at radius 2 is 1.89 bits per heavy atom. The van der Waals surface area contributed by atoms with Crippen LogP contribution in [-0.2, 0) is 17.8 Å². The number of carbonyl (C=O) groups is 1. The molecule has 3 aromatic rings. The number of hydrogen-bond acceptors (Lipinski definition) is 2. The number of aliphatic hydroxyl groups is 1. The Bertz CT molecular complexity index is 982. The van der Waals surface area contributed by atoms with E-state index < -0.39 is 0 Å². The Morgan fingerprint density at radius 3 is 2.63 bits per heavy atom. The minimum absolute atomic E-state index is 0.00652. The van der Waals surface area contributed by atoms with Crippen LogP contribution in [0.5, 0.6) is 0 Å². The number of aryl methyl sites for hydroxylation is 1. The summed E-state index contributed by atoms with van der Waals surface area (Å²) in [6.07, 6.45) is 1.10. The van der Waals surface area contributed by atoms with E-state index in [4.69, 9.17) is 23.2 Å². The van der Waals surface area contributed by atoms with E-state index in [1.165, 1.54) is 0 Å². The van der Waals surface area contributed by atoms with Crippen LogP contribution in [0.3, 0.4) is 0 Å². The number of H-pyrrole nitrogens is 1. The second kappa shape index (κ2) is 7.55. The topological polar surface area (TPSA) is 56.3 Å². The highest BCUT2D eigenvalue weighted by Crippen LogP contribution is 2.36. The molecule has 6 heteroatoms. The number of halogens is 2. The number of rotatable bonds is 4. The molecule has 2 aromatic carbocycles. The fraction of sp³-hybridized carbons (Fsp3) is 0.286. The van der Waals surface area contributed by atoms with Gasteiger partial charge in [0, 0.05) is 45.5 Å². The van der Waals surface area contributed by atoms with Crippen molar-refractivity contribution in [3.8, 4) is 0 Å². The first-order valence-corrected chi connectivity index (χ1v) is 9.74. The van der Waals surface area contributed by atoms with E-state index in [1.807, 2.05) is 47.4 Å². The third kappa shape index (κ3) is 3.70. The van der Waals surface area contributed by atoms with Gasteiger partial charge in [0.25, 0.3) is 0 Å². The molecule has 0 spiro atoms. The van der Waals surface area contributed by atoms with Crippen LogP contribution < -0.4 is 0 Å². The molecule has 4 nitrogen and oxygen atoms in total. The number of aromatic amines is 1. The van der Waals surface area contributed by atoms with E-state index in [-0.39, 0.29) is 18.4 Å². The van der Waals surface area contributed by atoms with Crippen molar-refractivity contribution in [3.05, 3.63) is 69.3 Å². The van der Waals surface area contributed by atoms with Crippen molar-refractivity contribution in [2.45, 2.75) is 25.3 Å². The fourth-order valence-corrected chi connectivity index (χ4v) is 4.14. The Labute approximate surface area is 167 Å². The lowest BCUT2D eigenvalue weighted by Gasteiger charge is -2.32. The van der Waals surface area contributed by atoms with Gasteiger partial charge in [-0.05, 0) is 47.9 Å². The maximum absolute atomic E-state index is 12.8. The fourth-order valence-electron chi connectivity index (χ4n) is 3.84. The lowest BCUT2D eigenvalue weighted by molar-refractivity contribution is -0.132. The molecule has 0 bridgehead atoms. The van der Waals surface area contributed by atoms with Gasteiger partial charge in [-0.15, -0.1) is 0 Å². The molecule has 0 fully saturated rings. The maximum atomic E-state index is 12.8. The average Bonchev–Trinajstić information content (AvgIpc) is 3.04. The predicted octanol–water partition coefficient (Wildman–Crippen LogP) is 4.53. The van der Waals surface area contributed by atoms with Crippen LogP contribution in [0.2, 0.25) is 10.0 Å². The van der Waals surface area contributed by atoms with Gasteiger partial charge in [-0.3, -0.25) is 4.79 Å². The number of carbonyl (C=O) groups excluding carboxylic acids is 1. The van der Waals surface area contributed by atoms with Crippen molar-refractivity contribution in [1.82, 2.24) is 9.88 Å². The van der Waals surface area contributed by atoms with Crippen molar-refractivity contribution in [2.24, 2.45) is 0 Å². The molecule has 27 heavy (non-hydrogen) atoms. The van der Waals surface area contributed by atoms with E-state index in [0.717, 1.165) is 27.7 Å². The first kappa shape index (κ1) is 18.4. The van der Waals surface area contributed by atoms with E-state index >= 15 is 0 Å². The molecule has 0 saturated heterocycles. The third-order valence-electron chi connectivity index (χ3n) is 5.19. The van der Waals surface area contributed by atoms with Gasteiger partial charge in [0.1, 0.15) is 0 Å². The molecule has 1 unspecified atom stereocenters. The van der Waals surface area contributed by atoms with E-state index in [0.29, 0.717) is 36.0 Å². The molecule has 2 heterocycles. The van der Waals surface area contributed by atoms with Crippen molar-refractivity contribution < 1.29 is 9.90 Å². The minimum Gasteiger partial charge on any atom is -0.396 e. The van der Waals surface area contributed by atoms with Crippen LogP contribution >= 0.6 is 23.2 Å². The molecule has 1 aliphatic rings. The number of hydrogen-bond donors (Lipinski definition) is 2. The average molecular weight is 403 g/mol. The smallest absolute Gasteiger partial charge is 0.223 e. The van der Waals surface area contributed by atoms with Crippen molar-refractivity contribution in [1.29, 1.82) is 0 Å². The van der Waals surface area contributed by atoms with Gasteiger partial charge in [0.05, 0.1) is 13.2 Å². The van der Waals surface area contributed by atoms with E-state index in [2.05, 4.69) is 4.98 Å². The van der Waals surface area contributed by atoms with Gasteiger partial charge < -0.3 is 15.0 Å². The zero-order valence-corrected chi connectivity index (χ0v) is 16.2. The van der Waals surface area contributed by atoms with Crippen molar-refractivity contribution >= 4 is 40.0 Å². The number of amides is 1. The standard InChI is InChI=1S/C21H20Cl2N2O2/c22-15-4-1-13(2-5-15)3-8-20(27)25-10-14(12-26)21-17-9-16(23)6-7-18(17)24-19(21)11-25/h1-2,4-7,9,14,24,26H,3,8,10-12H2. The first-order valence-electron chi connectivity index (χ1n) is 8.98. The van der Waals surface area contributed by atoms with Gasteiger partial charge in [0.2, 0.25) is 5.91 Å². The quantitative estimate of drug-likeness (QED) is 0.673. The predicted molar refractivity (Wildman–Crippen MR) is 108 cm³/mol. The largest absolute Gasteiger partial charge is 0.396 e. The number of aliphatic hydroxyl groups excluding tert-OH is 1. The number of nitrogens with zero attached hydrogens (tertiary/aromatic N) is 1. The summed E-state index contributed by atoms with van der Waals surface area (Å²) < 4.78 is 0. The normalized spacial score (nSPS) is 16.6. The number of fused-ring (bicyclic) bond motifs is 3. The Morgan fingerprint density at radius 1 is 1.15 bits per heavy atom. The minimum atomic E-state index is -0.111. The SMILES string of the molecule is O=C(CCc1ccc(Cl)cc1)N1Cc2[nH]c3ccc(Cl)cc3c2C(CO)C1. The molecular formula is C21H20Cl2N2O2. The van der Waals surface area contributed by atoms with E-state index in [1.54, 1.807) is 0 Å². The summed E-state index contributed by atoms with van der Waals surface area (Å²) >= 11 is 12.1. The molecule has 0 radical (unpaired) electrons. The van der Waals surface area contributed by atoms with Crippen LogP contribution in [0.25, 0.3) is 10.9 Å². The Balaban J connectivity index is 1.53. The highest BCUT2D eigenvalue weighted by Gasteiger charge is 2.30. The van der Waals surface area contributed by atoms with Crippen LogP contribution in [0.15, 0.2) is 42.5 Å². The van der Waals surface area contributed by atoms with Gasteiger partial charge >= 0.3 is 0 Å². The van der Waals surface area contributed by atoms with Gasteiger partial charge in [-0.25, -0.2) is 0 Å². The number of benzene rings is 2. The first-order chi connectivity index (χ1) is 13.0. The molecule has 1 aromatic heterocycles. The molecule has 1 amide bonds. The lowest BCUT2D eigenvalue weighted by atomic mass is 9.92. The van der Waals surface area contributed by atoms with Crippen LogP contribution in [-0.4, -0.2) is 34.0 Å². The monoisotopic (exact) mass is 402 g/mol. The van der Waals surface area contributed by atoms with E-state index in [9.17, 15) is 9.90 Å². The van der Waals surface area contributed by atoms with Crippen LogP contribution in [0.1, 0.15) is 29.2 Å². The molecule has 0 aliphatic carbocycles. The summed E-state index contributed by atoms with van der Waals surface area (Å²) in [4.78, 5) is 18.0. The third-order valence-corrected chi connectivity index (χ3v) is 5.68. The highest BCUT2D eigenvalue weighted by atomic mass is 35.5. The van der Waals surface area contributed by atoms with Gasteiger partial charge in [-0.2, -0.15) is 0 Å². The molecule has 2 N–H and O–H groups in total. The molecule has 4 rings (SSSR count). The molecule has 1 aliphatic heterocycles. The molecular weight excluding hydrogens is 383 g/mol. The highest BCUT2D eigenvalue weighted by molar-refractivity contribution is 6.31. The van der Waals surface area contributed by atoms with Gasteiger partial charge in [-0.1, -0.05) is 35.3 Å². The second-order valence-electron chi connectivity index (χ2n) is 6.99. The zero-order chi connectivity index (χ0) is 19.0. The van der Waals surface area contributed by atoms with Crippen LogP contribution in [0.4, 0.5) is 0 Å². The summed E-state index contributed by atoms with van der Waals surface area (Å²) in [6.45, 7) is 1.04. The summed E-state index contributed by atoms with van der Waals surface area (Å²) in [5.41, 5.74) is 4.14. The van der Waals surface area contributed by atoms with Crippen LogP contribution in [0, 0.1) is 0 Å². The Kier molecular flexibility index (Phi) is 5.13.